The third-order valence-corrected chi connectivity index (χ3v) is 6.77. The van der Waals surface area contributed by atoms with Gasteiger partial charge in [0, 0.05) is 23.4 Å². The molecule has 1 aliphatic carbocycles. The number of carbonyl (C=O) groups excluding carboxylic acids is 1. The molecule has 3 aromatic rings. The molecule has 0 radical (unpaired) electrons. The molecular weight excluding hydrogens is 487 g/mol. The molecule has 0 aliphatic heterocycles. The van der Waals surface area contributed by atoms with Gasteiger partial charge in [-0.15, -0.1) is 15.3 Å². The second-order valence-corrected chi connectivity index (χ2v) is 10.5. The van der Waals surface area contributed by atoms with E-state index in [4.69, 9.17) is 4.74 Å². The monoisotopic (exact) mass is 507 g/mol. The zero-order valence-corrected chi connectivity index (χ0v) is 19.7. The number of halogens is 3. The van der Waals surface area contributed by atoms with Crippen LogP contribution in [0.25, 0.3) is 0 Å². The summed E-state index contributed by atoms with van der Waals surface area (Å²) in [6, 6.07) is 8.47. The lowest BCUT2D eigenvalue weighted by atomic mass is 10.1. The highest BCUT2D eigenvalue weighted by atomic mass is 32.2. The van der Waals surface area contributed by atoms with Crippen LogP contribution in [-0.4, -0.2) is 41.0 Å². The summed E-state index contributed by atoms with van der Waals surface area (Å²) in [5.41, 5.74) is -1.66. The third kappa shape index (κ3) is 5.24. The fraction of sp³-hybridized carbons (Fsp3) is 0.318. The molecule has 1 N–H and O–H groups in total. The van der Waals surface area contributed by atoms with Gasteiger partial charge in [0.1, 0.15) is 5.56 Å². The first-order valence-corrected chi connectivity index (χ1v) is 12.3. The lowest BCUT2D eigenvalue weighted by Crippen LogP contribution is -2.21. The number of carbonyl (C=O) groups is 1. The van der Waals surface area contributed by atoms with Gasteiger partial charge in [0.25, 0.3) is 11.8 Å². The number of sulfone groups is 1. The summed E-state index contributed by atoms with van der Waals surface area (Å²) in [7, 11) is -3.58. The Morgan fingerprint density at radius 3 is 2.37 bits per heavy atom. The zero-order valence-electron chi connectivity index (χ0n) is 18.8. The maximum Gasteiger partial charge on any atom is 0.435 e. The molecule has 4 rings (SSSR count). The lowest BCUT2D eigenvalue weighted by Gasteiger charge is -2.16. The van der Waals surface area contributed by atoms with E-state index in [1.54, 1.807) is 6.07 Å². The van der Waals surface area contributed by atoms with Crippen molar-refractivity contribution in [3.05, 3.63) is 58.9 Å². The molecule has 9 nitrogen and oxygen atoms in total. The summed E-state index contributed by atoms with van der Waals surface area (Å²) in [4.78, 5) is 13.0. The number of rotatable bonds is 6. The number of anilines is 1. The van der Waals surface area contributed by atoms with Crippen LogP contribution in [0, 0.1) is 6.92 Å². The Hall–Kier alpha value is -3.61. The van der Waals surface area contributed by atoms with E-state index >= 15 is 0 Å². The molecule has 2 heterocycles. The van der Waals surface area contributed by atoms with Crippen molar-refractivity contribution in [2.75, 3.05) is 11.6 Å². The van der Waals surface area contributed by atoms with E-state index in [1.165, 1.54) is 30.3 Å². The lowest BCUT2D eigenvalue weighted by molar-refractivity contribution is -0.142. The average molecular weight is 507 g/mol. The van der Waals surface area contributed by atoms with Gasteiger partial charge in [-0.2, -0.15) is 18.3 Å². The van der Waals surface area contributed by atoms with E-state index in [9.17, 15) is 26.4 Å². The molecule has 1 fully saturated rings. The Morgan fingerprint density at radius 1 is 1.09 bits per heavy atom. The topological polar surface area (TPSA) is 124 Å². The molecule has 0 bridgehead atoms. The molecule has 2 aromatic heterocycles. The molecule has 0 spiro atoms. The van der Waals surface area contributed by atoms with Crippen LogP contribution in [0.4, 0.5) is 18.9 Å². The quantitative estimate of drug-likeness (QED) is 0.529. The predicted octanol–water partition coefficient (Wildman–Crippen LogP) is 4.09. The molecule has 184 valence electrons. The molecule has 1 aromatic carbocycles. The molecule has 1 saturated carbocycles. The second-order valence-electron chi connectivity index (χ2n) is 8.53. The fourth-order valence-electron chi connectivity index (χ4n) is 3.34. The van der Waals surface area contributed by atoms with Crippen molar-refractivity contribution >= 4 is 21.4 Å². The van der Waals surface area contributed by atoms with Gasteiger partial charge in [-0.05, 0) is 49.6 Å². The van der Waals surface area contributed by atoms with E-state index in [0.29, 0.717) is 0 Å². The molecule has 13 heteroatoms. The minimum atomic E-state index is -4.87. The van der Waals surface area contributed by atoms with Crippen molar-refractivity contribution in [3.8, 4) is 11.8 Å². The van der Waals surface area contributed by atoms with Gasteiger partial charge in [0.05, 0.1) is 10.6 Å². The van der Waals surface area contributed by atoms with Gasteiger partial charge in [0.2, 0.25) is 5.88 Å². The van der Waals surface area contributed by atoms with E-state index in [-0.39, 0.29) is 21.9 Å². The maximum absolute atomic E-state index is 13.5. The molecular formula is C22H20F3N5O4S. The number of hydrogen-bond acceptors (Lipinski definition) is 8. The summed E-state index contributed by atoms with van der Waals surface area (Å²) < 4.78 is 69.5. The van der Waals surface area contributed by atoms with Crippen LogP contribution < -0.4 is 10.1 Å². The normalized spacial score (nSPS) is 14.9. The van der Waals surface area contributed by atoms with Crippen molar-refractivity contribution in [2.24, 2.45) is 0 Å². The van der Waals surface area contributed by atoms with E-state index < -0.39 is 44.6 Å². The number of benzene rings is 1. The fourth-order valence-corrected chi connectivity index (χ4v) is 4.01. The number of aromatic nitrogens is 4. The Bertz CT molecular complexity index is 1410. The number of nitrogens with zero attached hydrogens (tertiary/aromatic N) is 4. The Labute approximate surface area is 198 Å². The first-order chi connectivity index (χ1) is 16.3. The number of amides is 1. The van der Waals surface area contributed by atoms with Crippen LogP contribution >= 0.6 is 0 Å². The molecule has 0 saturated heterocycles. The van der Waals surface area contributed by atoms with Crippen LogP contribution in [0.5, 0.6) is 11.8 Å². The van der Waals surface area contributed by atoms with Gasteiger partial charge in [-0.3, -0.25) is 4.79 Å². The zero-order chi connectivity index (χ0) is 25.6. The number of nitrogens with one attached hydrogen (secondary N) is 1. The summed E-state index contributed by atoms with van der Waals surface area (Å²) in [5.74, 6) is -1.59. The first-order valence-electron chi connectivity index (χ1n) is 10.4. The van der Waals surface area contributed by atoms with Crippen molar-refractivity contribution in [2.45, 2.75) is 43.2 Å². The summed E-state index contributed by atoms with van der Waals surface area (Å²) in [5, 5.41) is 17.1. The SMILES string of the molecule is Cc1c(C(F)(F)F)nnc(Oc2ccc(C3(C)CC3)nn2)c1C(=O)Nc1cccc(S(C)(=O)=O)c1. The van der Waals surface area contributed by atoms with Crippen LogP contribution in [0.15, 0.2) is 41.3 Å². The number of alkyl halides is 3. The minimum absolute atomic E-state index is 0.0514. The highest BCUT2D eigenvalue weighted by Gasteiger charge is 2.41. The molecule has 0 unspecified atom stereocenters. The molecule has 35 heavy (non-hydrogen) atoms. The third-order valence-electron chi connectivity index (χ3n) is 5.66. The van der Waals surface area contributed by atoms with Crippen LogP contribution in [0.2, 0.25) is 0 Å². The minimum Gasteiger partial charge on any atom is -0.417 e. The van der Waals surface area contributed by atoms with E-state index in [1.807, 2.05) is 6.92 Å². The average Bonchev–Trinajstić information content (AvgIpc) is 3.51. The largest absolute Gasteiger partial charge is 0.435 e. The summed E-state index contributed by atoms with van der Waals surface area (Å²) in [6.07, 6.45) is -1.95. The van der Waals surface area contributed by atoms with Crippen molar-refractivity contribution < 1.29 is 31.1 Å². The molecule has 1 aliphatic rings. The van der Waals surface area contributed by atoms with Gasteiger partial charge >= 0.3 is 6.18 Å². The number of hydrogen-bond donors (Lipinski definition) is 1. The maximum atomic E-state index is 13.5. The van der Waals surface area contributed by atoms with Crippen molar-refractivity contribution in [1.29, 1.82) is 0 Å². The van der Waals surface area contributed by atoms with Crippen LogP contribution in [-0.2, 0) is 21.4 Å². The first kappa shape index (κ1) is 24.5. The van der Waals surface area contributed by atoms with E-state index in [2.05, 4.69) is 25.7 Å². The van der Waals surface area contributed by atoms with Gasteiger partial charge < -0.3 is 10.1 Å². The summed E-state index contributed by atoms with van der Waals surface area (Å²) in [6.45, 7) is 3.10. The molecule has 1 amide bonds. The highest BCUT2D eigenvalue weighted by molar-refractivity contribution is 7.90. The molecule has 0 atom stereocenters. The van der Waals surface area contributed by atoms with Crippen LogP contribution in [0.1, 0.15) is 47.1 Å². The summed E-state index contributed by atoms with van der Waals surface area (Å²) >= 11 is 0. The highest BCUT2D eigenvalue weighted by Crippen LogP contribution is 2.46. The van der Waals surface area contributed by atoms with Gasteiger partial charge in [-0.1, -0.05) is 13.0 Å². The van der Waals surface area contributed by atoms with Gasteiger partial charge in [0.15, 0.2) is 15.5 Å². The Kier molecular flexibility index (Phi) is 5.99. The smallest absolute Gasteiger partial charge is 0.417 e. The standard InChI is InChI=1S/C22H20F3N5O4S/c1-12-17(19(31)26-13-5-4-6-14(11-13)35(3,32)33)20(30-29-18(12)22(23,24)25)34-16-8-7-15(27-28-16)21(2)9-10-21/h4-8,11H,9-10H2,1-3H3,(H,26,31). The Balaban J connectivity index is 1.70. The van der Waals surface area contributed by atoms with E-state index in [0.717, 1.165) is 31.7 Å². The van der Waals surface area contributed by atoms with Gasteiger partial charge in [-0.25, -0.2) is 8.42 Å². The Morgan fingerprint density at radius 2 is 1.80 bits per heavy atom. The van der Waals surface area contributed by atoms with Crippen molar-refractivity contribution in [3.63, 3.8) is 0 Å². The number of ether oxygens (including phenoxy) is 1. The predicted molar refractivity (Wildman–Crippen MR) is 118 cm³/mol. The van der Waals surface area contributed by atoms with Crippen LogP contribution in [0.3, 0.4) is 0 Å². The van der Waals surface area contributed by atoms with Crippen molar-refractivity contribution in [1.82, 2.24) is 20.4 Å². The second kappa shape index (κ2) is 8.56.